The van der Waals surface area contributed by atoms with Gasteiger partial charge in [0, 0.05) is 12.1 Å². The largest absolute Gasteiger partial charge is 0.461 e. The van der Waals surface area contributed by atoms with Crippen LogP contribution in [-0.2, 0) is 9.53 Å². The summed E-state index contributed by atoms with van der Waals surface area (Å²) < 4.78 is 4.84. The summed E-state index contributed by atoms with van der Waals surface area (Å²) in [4.78, 5) is 11.2. The average molecular weight is 289 g/mol. The monoisotopic (exact) mass is 289 g/mol. The minimum absolute atomic E-state index is 0.0683. The smallest absolute Gasteiger partial charge is 0.333 e. The van der Waals surface area contributed by atoms with Crippen molar-refractivity contribution in [3.8, 4) is 0 Å². The lowest BCUT2D eigenvalue weighted by atomic mass is 9.88. The summed E-state index contributed by atoms with van der Waals surface area (Å²) in [5.74, 6) is -0.333. The maximum Gasteiger partial charge on any atom is 0.333 e. The standard InChI is InChI=1S/C10H19NO2.C8H8/c1-8(7-10(2,3)4)9(12)13-6-5-11;1-2-8-6-4-3-5-7-8/h1,5-7,11H2,2-4H3;2-7H,1H2. The molecule has 0 unspecified atom stereocenters. The van der Waals surface area contributed by atoms with Crippen LogP contribution in [0.3, 0.4) is 0 Å². The number of rotatable bonds is 5. The Labute approximate surface area is 128 Å². The van der Waals surface area contributed by atoms with E-state index < -0.39 is 0 Å². The van der Waals surface area contributed by atoms with E-state index in [1.807, 2.05) is 57.2 Å². The van der Waals surface area contributed by atoms with Gasteiger partial charge in [0.05, 0.1) is 0 Å². The molecule has 0 fully saturated rings. The highest BCUT2D eigenvalue weighted by Crippen LogP contribution is 2.23. The van der Waals surface area contributed by atoms with Gasteiger partial charge in [-0.15, -0.1) is 0 Å². The van der Waals surface area contributed by atoms with E-state index in [2.05, 4.69) is 13.2 Å². The first-order valence-corrected chi connectivity index (χ1v) is 7.02. The number of esters is 1. The fourth-order valence-corrected chi connectivity index (χ4v) is 1.56. The number of nitrogens with two attached hydrogens (primary N) is 1. The zero-order chi connectivity index (χ0) is 16.3. The zero-order valence-corrected chi connectivity index (χ0v) is 13.4. The summed E-state index contributed by atoms with van der Waals surface area (Å²) in [7, 11) is 0. The molecular weight excluding hydrogens is 262 g/mol. The molecule has 0 amide bonds. The van der Waals surface area contributed by atoms with Gasteiger partial charge in [-0.2, -0.15) is 0 Å². The summed E-state index contributed by atoms with van der Waals surface area (Å²) in [6.45, 7) is 14.1. The van der Waals surface area contributed by atoms with Crippen LogP contribution in [0.25, 0.3) is 6.08 Å². The van der Waals surface area contributed by atoms with Gasteiger partial charge in [-0.1, -0.05) is 70.3 Å². The number of hydrogen-bond acceptors (Lipinski definition) is 3. The third-order valence-electron chi connectivity index (χ3n) is 2.42. The Morgan fingerprint density at radius 1 is 1.29 bits per heavy atom. The average Bonchev–Trinajstić information content (AvgIpc) is 2.44. The van der Waals surface area contributed by atoms with Crippen LogP contribution in [0, 0.1) is 5.41 Å². The maximum absolute atomic E-state index is 11.2. The molecule has 2 N–H and O–H groups in total. The number of ether oxygens (including phenoxy) is 1. The Kier molecular flexibility index (Phi) is 9.06. The van der Waals surface area contributed by atoms with Crippen molar-refractivity contribution >= 4 is 12.0 Å². The van der Waals surface area contributed by atoms with E-state index in [4.69, 9.17) is 10.5 Å². The van der Waals surface area contributed by atoms with Crippen LogP contribution in [0.1, 0.15) is 32.8 Å². The summed E-state index contributed by atoms with van der Waals surface area (Å²) in [6.07, 6.45) is 2.48. The lowest BCUT2D eigenvalue weighted by molar-refractivity contribution is -0.139. The van der Waals surface area contributed by atoms with E-state index in [0.717, 1.165) is 0 Å². The molecule has 0 aliphatic carbocycles. The number of benzene rings is 1. The number of hydrogen-bond donors (Lipinski definition) is 1. The second-order valence-electron chi connectivity index (χ2n) is 5.88. The van der Waals surface area contributed by atoms with E-state index in [1.165, 1.54) is 5.56 Å². The Hall–Kier alpha value is -1.87. The molecule has 0 saturated carbocycles. The highest BCUT2D eigenvalue weighted by Gasteiger charge is 2.17. The topological polar surface area (TPSA) is 52.3 Å². The predicted octanol–water partition coefficient (Wildman–Crippen LogP) is 3.81. The Morgan fingerprint density at radius 3 is 2.24 bits per heavy atom. The second-order valence-corrected chi connectivity index (χ2v) is 5.88. The van der Waals surface area contributed by atoms with Crippen LogP contribution in [0.4, 0.5) is 0 Å². The molecule has 0 aliphatic heterocycles. The molecule has 0 radical (unpaired) electrons. The normalized spacial score (nSPS) is 10.1. The molecule has 1 aromatic rings. The van der Waals surface area contributed by atoms with Gasteiger partial charge >= 0.3 is 5.97 Å². The van der Waals surface area contributed by atoms with Gasteiger partial charge in [0.1, 0.15) is 6.61 Å². The molecule has 0 bridgehead atoms. The molecule has 0 atom stereocenters. The molecule has 1 rings (SSSR count). The van der Waals surface area contributed by atoms with Gasteiger partial charge in [-0.25, -0.2) is 4.79 Å². The summed E-state index contributed by atoms with van der Waals surface area (Å²) >= 11 is 0. The van der Waals surface area contributed by atoms with Crippen molar-refractivity contribution in [1.82, 2.24) is 0 Å². The fraction of sp³-hybridized carbons (Fsp3) is 0.389. The SMILES string of the molecule is C=C(CC(C)(C)C)C(=O)OCCN.C=Cc1ccccc1. The summed E-state index contributed by atoms with van der Waals surface area (Å²) in [5.41, 5.74) is 6.95. The zero-order valence-electron chi connectivity index (χ0n) is 13.4. The van der Waals surface area contributed by atoms with Crippen LogP contribution in [-0.4, -0.2) is 19.1 Å². The minimum Gasteiger partial charge on any atom is -0.461 e. The van der Waals surface area contributed by atoms with Gasteiger partial charge in [0.25, 0.3) is 0 Å². The van der Waals surface area contributed by atoms with Crippen LogP contribution in [0.5, 0.6) is 0 Å². The lowest BCUT2D eigenvalue weighted by Crippen LogP contribution is -2.17. The van der Waals surface area contributed by atoms with Crippen LogP contribution >= 0.6 is 0 Å². The number of carbonyl (C=O) groups is 1. The highest BCUT2D eigenvalue weighted by atomic mass is 16.5. The quantitative estimate of drug-likeness (QED) is 0.662. The molecule has 0 aliphatic rings. The molecule has 1 aromatic carbocycles. The van der Waals surface area contributed by atoms with Crippen LogP contribution in [0.15, 0.2) is 49.1 Å². The van der Waals surface area contributed by atoms with Crippen LogP contribution in [0.2, 0.25) is 0 Å². The van der Waals surface area contributed by atoms with E-state index in [-0.39, 0.29) is 18.0 Å². The maximum atomic E-state index is 11.2. The van der Waals surface area contributed by atoms with Crippen molar-refractivity contribution in [2.24, 2.45) is 11.1 Å². The van der Waals surface area contributed by atoms with Crippen molar-refractivity contribution in [2.75, 3.05) is 13.2 Å². The summed E-state index contributed by atoms with van der Waals surface area (Å²) in [5, 5.41) is 0. The van der Waals surface area contributed by atoms with Crippen molar-refractivity contribution in [3.63, 3.8) is 0 Å². The molecule has 0 saturated heterocycles. The van der Waals surface area contributed by atoms with Crippen LogP contribution < -0.4 is 5.73 Å². The van der Waals surface area contributed by atoms with Crippen molar-refractivity contribution in [1.29, 1.82) is 0 Å². The first-order valence-electron chi connectivity index (χ1n) is 7.02. The van der Waals surface area contributed by atoms with Gasteiger partial charge in [0.2, 0.25) is 0 Å². The Balaban J connectivity index is 0.000000423. The highest BCUT2D eigenvalue weighted by molar-refractivity contribution is 5.87. The van der Waals surface area contributed by atoms with Gasteiger partial charge in [-0.05, 0) is 17.4 Å². The van der Waals surface area contributed by atoms with E-state index in [1.54, 1.807) is 0 Å². The number of carbonyl (C=O) groups excluding carboxylic acids is 1. The van der Waals surface area contributed by atoms with Gasteiger partial charge < -0.3 is 10.5 Å². The van der Waals surface area contributed by atoms with E-state index in [9.17, 15) is 4.79 Å². The molecule has 21 heavy (non-hydrogen) atoms. The first kappa shape index (κ1) is 19.1. The fourth-order valence-electron chi connectivity index (χ4n) is 1.56. The second kappa shape index (κ2) is 9.94. The molecular formula is C18H27NO2. The molecule has 0 heterocycles. The minimum atomic E-state index is -0.333. The third-order valence-corrected chi connectivity index (χ3v) is 2.42. The van der Waals surface area contributed by atoms with E-state index >= 15 is 0 Å². The van der Waals surface area contributed by atoms with Crippen molar-refractivity contribution < 1.29 is 9.53 Å². The third kappa shape index (κ3) is 10.6. The first-order chi connectivity index (χ1) is 9.80. The molecule has 0 aromatic heterocycles. The Morgan fingerprint density at radius 2 is 1.86 bits per heavy atom. The predicted molar refractivity (Wildman–Crippen MR) is 89.8 cm³/mol. The van der Waals surface area contributed by atoms with Crippen molar-refractivity contribution in [3.05, 3.63) is 54.6 Å². The molecule has 0 spiro atoms. The summed E-state index contributed by atoms with van der Waals surface area (Å²) in [6, 6.07) is 10.0. The van der Waals surface area contributed by atoms with Crippen molar-refractivity contribution in [2.45, 2.75) is 27.2 Å². The molecule has 116 valence electrons. The van der Waals surface area contributed by atoms with Gasteiger partial charge in [-0.3, -0.25) is 0 Å². The Bertz CT molecular complexity index is 444. The molecule has 3 nitrogen and oxygen atoms in total. The lowest BCUT2D eigenvalue weighted by Gasteiger charge is -2.18. The van der Waals surface area contributed by atoms with Gasteiger partial charge in [0.15, 0.2) is 0 Å². The van der Waals surface area contributed by atoms with E-state index in [0.29, 0.717) is 18.5 Å². The molecule has 3 heteroatoms.